The van der Waals surface area contributed by atoms with Crippen molar-refractivity contribution in [3.63, 3.8) is 0 Å². The Kier molecular flexibility index (Phi) is 3.30. The van der Waals surface area contributed by atoms with Crippen LogP contribution in [-0.2, 0) is 4.79 Å². The number of alkyl halides is 1. The van der Waals surface area contributed by atoms with Gasteiger partial charge in [-0.15, -0.1) is 0 Å². The van der Waals surface area contributed by atoms with E-state index in [9.17, 15) is 4.79 Å². The van der Waals surface area contributed by atoms with Gasteiger partial charge in [0.2, 0.25) is 5.91 Å². The van der Waals surface area contributed by atoms with Gasteiger partial charge in [0.1, 0.15) is 0 Å². The minimum atomic E-state index is 0.148. The van der Waals surface area contributed by atoms with Crippen molar-refractivity contribution in [2.24, 2.45) is 16.7 Å². The van der Waals surface area contributed by atoms with Gasteiger partial charge < -0.3 is 5.32 Å². The lowest BCUT2D eigenvalue weighted by Crippen LogP contribution is -2.36. The van der Waals surface area contributed by atoms with Gasteiger partial charge in [-0.1, -0.05) is 43.6 Å². The second-order valence-electron chi connectivity index (χ2n) is 5.76. The van der Waals surface area contributed by atoms with E-state index in [0.29, 0.717) is 0 Å². The highest BCUT2D eigenvalue weighted by Gasteiger charge is 2.50. The Labute approximate surface area is 95.0 Å². The number of amides is 1. The van der Waals surface area contributed by atoms with Crippen molar-refractivity contribution < 1.29 is 4.79 Å². The van der Waals surface area contributed by atoms with Gasteiger partial charge in [0, 0.05) is 17.8 Å². The van der Waals surface area contributed by atoms with Crippen LogP contribution in [0.1, 0.15) is 34.1 Å². The van der Waals surface area contributed by atoms with Crippen LogP contribution in [0.4, 0.5) is 0 Å². The molecule has 0 aliphatic heterocycles. The third-order valence-electron chi connectivity index (χ3n) is 2.93. The van der Waals surface area contributed by atoms with Crippen molar-refractivity contribution in [1.29, 1.82) is 0 Å². The van der Waals surface area contributed by atoms with Crippen molar-refractivity contribution in [3.05, 3.63) is 0 Å². The van der Waals surface area contributed by atoms with Gasteiger partial charge in [-0.05, 0) is 17.3 Å². The molecule has 3 heteroatoms. The summed E-state index contributed by atoms with van der Waals surface area (Å²) < 4.78 is 0. The lowest BCUT2D eigenvalue weighted by atomic mass is 9.96. The van der Waals surface area contributed by atoms with E-state index in [0.717, 1.165) is 18.3 Å². The maximum atomic E-state index is 11.7. The summed E-state index contributed by atoms with van der Waals surface area (Å²) in [6.07, 6.45) is 1.04. The first kappa shape index (κ1) is 12.0. The molecule has 1 saturated carbocycles. The molecule has 0 saturated heterocycles. The van der Waals surface area contributed by atoms with E-state index in [4.69, 9.17) is 0 Å². The Bertz CT molecular complexity index is 235. The maximum absolute atomic E-state index is 11.7. The molecule has 1 aliphatic rings. The smallest absolute Gasteiger partial charge is 0.223 e. The Balaban J connectivity index is 2.30. The zero-order valence-electron chi connectivity index (χ0n) is 9.48. The average molecular weight is 262 g/mol. The molecule has 0 aromatic heterocycles. The fourth-order valence-electron chi connectivity index (χ4n) is 1.41. The van der Waals surface area contributed by atoms with Gasteiger partial charge >= 0.3 is 0 Å². The molecule has 2 nitrogen and oxygen atoms in total. The van der Waals surface area contributed by atoms with Crippen LogP contribution in [0.15, 0.2) is 0 Å². The summed E-state index contributed by atoms with van der Waals surface area (Å²) in [7, 11) is 0. The third-order valence-corrected chi connectivity index (χ3v) is 4.45. The molecule has 0 bridgehead atoms. The minimum Gasteiger partial charge on any atom is -0.355 e. The molecule has 14 heavy (non-hydrogen) atoms. The molecule has 82 valence electrons. The van der Waals surface area contributed by atoms with Crippen molar-refractivity contribution in [3.8, 4) is 0 Å². The molecule has 0 aromatic carbocycles. The SMILES string of the molecule is CC(C)(CBr)CNC(=O)C1CC1(C)C. The number of hydrogen-bond donors (Lipinski definition) is 1. The molecule has 1 atom stereocenters. The molecule has 1 aliphatic carbocycles. The number of nitrogens with one attached hydrogen (secondary N) is 1. The highest BCUT2D eigenvalue weighted by Crippen LogP contribution is 2.51. The number of carbonyl (C=O) groups excluding carboxylic acids is 1. The lowest BCUT2D eigenvalue weighted by Gasteiger charge is -2.22. The number of carbonyl (C=O) groups is 1. The largest absolute Gasteiger partial charge is 0.355 e. The second-order valence-corrected chi connectivity index (χ2v) is 6.32. The molecule has 0 heterocycles. The first-order valence-electron chi connectivity index (χ1n) is 5.12. The normalized spacial score (nSPS) is 24.5. The van der Waals surface area contributed by atoms with Gasteiger partial charge in [0.25, 0.3) is 0 Å². The fraction of sp³-hybridized carbons (Fsp3) is 0.909. The third kappa shape index (κ3) is 2.97. The molecular formula is C11H20BrNO. The fourth-order valence-corrected chi connectivity index (χ4v) is 1.61. The van der Waals surface area contributed by atoms with Crippen LogP contribution in [0.3, 0.4) is 0 Å². The zero-order chi connectivity index (χ0) is 11.0. The molecular weight excluding hydrogens is 242 g/mol. The van der Waals surface area contributed by atoms with E-state index in [1.807, 2.05) is 0 Å². The summed E-state index contributed by atoms with van der Waals surface area (Å²) in [5.41, 5.74) is 0.386. The summed E-state index contributed by atoms with van der Waals surface area (Å²) in [5.74, 6) is 0.470. The molecule has 0 radical (unpaired) electrons. The van der Waals surface area contributed by atoms with E-state index in [-0.39, 0.29) is 22.7 Å². The summed E-state index contributed by atoms with van der Waals surface area (Å²) in [6.45, 7) is 9.32. The molecule has 1 rings (SSSR count). The van der Waals surface area contributed by atoms with Gasteiger partial charge in [-0.25, -0.2) is 0 Å². The zero-order valence-corrected chi connectivity index (χ0v) is 11.1. The van der Waals surface area contributed by atoms with Crippen LogP contribution in [0.5, 0.6) is 0 Å². The molecule has 0 spiro atoms. The molecule has 1 fully saturated rings. The molecule has 1 N–H and O–H groups in total. The number of halogens is 1. The molecule has 0 aromatic rings. The van der Waals surface area contributed by atoms with Crippen LogP contribution < -0.4 is 5.32 Å². The lowest BCUT2D eigenvalue weighted by molar-refractivity contribution is -0.123. The predicted molar refractivity (Wildman–Crippen MR) is 62.5 cm³/mol. The van der Waals surface area contributed by atoms with Crippen molar-refractivity contribution in [2.45, 2.75) is 34.1 Å². The van der Waals surface area contributed by atoms with Gasteiger partial charge in [-0.3, -0.25) is 4.79 Å². The van der Waals surface area contributed by atoms with E-state index in [1.54, 1.807) is 0 Å². The Hall–Kier alpha value is -0.0500. The van der Waals surface area contributed by atoms with E-state index in [2.05, 4.69) is 48.9 Å². The van der Waals surface area contributed by atoms with Crippen LogP contribution in [-0.4, -0.2) is 17.8 Å². The van der Waals surface area contributed by atoms with Gasteiger partial charge in [-0.2, -0.15) is 0 Å². The van der Waals surface area contributed by atoms with Crippen LogP contribution >= 0.6 is 15.9 Å². The summed E-state index contributed by atoms with van der Waals surface area (Å²) in [6, 6.07) is 0. The molecule has 1 amide bonds. The van der Waals surface area contributed by atoms with Crippen LogP contribution in [0.25, 0.3) is 0 Å². The Morgan fingerprint density at radius 1 is 1.57 bits per heavy atom. The van der Waals surface area contributed by atoms with E-state index < -0.39 is 0 Å². The Morgan fingerprint density at radius 3 is 2.43 bits per heavy atom. The highest BCUT2D eigenvalue weighted by molar-refractivity contribution is 9.09. The summed E-state index contributed by atoms with van der Waals surface area (Å²) >= 11 is 3.44. The standard InChI is InChI=1S/C11H20BrNO/c1-10(2,6-12)7-13-9(14)8-5-11(8,3)4/h8H,5-7H2,1-4H3,(H,13,14). The first-order chi connectivity index (χ1) is 6.28. The quantitative estimate of drug-likeness (QED) is 0.775. The summed E-state index contributed by atoms with van der Waals surface area (Å²) in [5, 5.41) is 3.93. The Morgan fingerprint density at radius 2 is 2.07 bits per heavy atom. The van der Waals surface area contributed by atoms with Crippen molar-refractivity contribution in [1.82, 2.24) is 5.32 Å². The monoisotopic (exact) mass is 261 g/mol. The topological polar surface area (TPSA) is 29.1 Å². The van der Waals surface area contributed by atoms with Gasteiger partial charge in [0.15, 0.2) is 0 Å². The first-order valence-corrected chi connectivity index (χ1v) is 6.24. The molecule has 1 unspecified atom stereocenters. The van der Waals surface area contributed by atoms with E-state index in [1.165, 1.54) is 0 Å². The number of hydrogen-bond acceptors (Lipinski definition) is 1. The van der Waals surface area contributed by atoms with Crippen molar-refractivity contribution >= 4 is 21.8 Å². The van der Waals surface area contributed by atoms with Crippen LogP contribution in [0, 0.1) is 16.7 Å². The predicted octanol–water partition coefficient (Wildman–Crippen LogP) is 2.57. The van der Waals surface area contributed by atoms with E-state index >= 15 is 0 Å². The minimum absolute atomic E-state index is 0.148. The maximum Gasteiger partial charge on any atom is 0.223 e. The van der Waals surface area contributed by atoms with Gasteiger partial charge in [0.05, 0.1) is 0 Å². The van der Waals surface area contributed by atoms with Crippen molar-refractivity contribution in [2.75, 3.05) is 11.9 Å². The highest BCUT2D eigenvalue weighted by atomic mass is 79.9. The number of rotatable bonds is 4. The average Bonchev–Trinajstić information content (AvgIpc) is 2.71. The summed E-state index contributed by atoms with van der Waals surface area (Å²) in [4.78, 5) is 11.7. The second kappa shape index (κ2) is 3.84. The van der Waals surface area contributed by atoms with Crippen LogP contribution in [0.2, 0.25) is 0 Å².